The van der Waals surface area contributed by atoms with Gasteiger partial charge in [-0.1, -0.05) is 17.7 Å². The van der Waals surface area contributed by atoms with E-state index >= 15 is 0 Å². The first-order valence-corrected chi connectivity index (χ1v) is 7.01. The molecule has 0 aliphatic heterocycles. The molecule has 1 N–H and O–H groups in total. The number of esters is 1. The maximum absolute atomic E-state index is 12.2. The SMILES string of the molecule is Cc1cc(C)c(NC(=O)C(C)OC(=O)c2ccco2)c(C)c1. The first-order chi connectivity index (χ1) is 10.4. The molecule has 0 spiro atoms. The molecule has 1 amide bonds. The van der Waals surface area contributed by atoms with Gasteiger partial charge in [0.15, 0.2) is 6.10 Å². The molecule has 1 heterocycles. The smallest absolute Gasteiger partial charge is 0.374 e. The highest BCUT2D eigenvalue weighted by Gasteiger charge is 2.21. The molecule has 0 saturated heterocycles. The fourth-order valence-electron chi connectivity index (χ4n) is 2.27. The van der Waals surface area contributed by atoms with Crippen molar-refractivity contribution in [2.24, 2.45) is 0 Å². The summed E-state index contributed by atoms with van der Waals surface area (Å²) in [4.78, 5) is 23.9. The monoisotopic (exact) mass is 301 g/mol. The summed E-state index contributed by atoms with van der Waals surface area (Å²) in [5.41, 5.74) is 3.81. The van der Waals surface area contributed by atoms with Crippen LogP contribution >= 0.6 is 0 Å². The van der Waals surface area contributed by atoms with Gasteiger partial charge in [0.2, 0.25) is 5.76 Å². The van der Waals surface area contributed by atoms with Crippen LogP contribution in [-0.4, -0.2) is 18.0 Å². The number of hydrogen-bond acceptors (Lipinski definition) is 4. The van der Waals surface area contributed by atoms with Crippen LogP contribution in [0.2, 0.25) is 0 Å². The van der Waals surface area contributed by atoms with Crippen LogP contribution < -0.4 is 5.32 Å². The molecule has 2 aromatic rings. The van der Waals surface area contributed by atoms with Gasteiger partial charge >= 0.3 is 5.97 Å². The summed E-state index contributed by atoms with van der Waals surface area (Å²) in [6, 6.07) is 7.05. The number of aryl methyl sites for hydroxylation is 3. The van der Waals surface area contributed by atoms with E-state index < -0.39 is 12.1 Å². The summed E-state index contributed by atoms with van der Waals surface area (Å²) < 4.78 is 10.0. The van der Waals surface area contributed by atoms with Crippen LogP contribution in [0, 0.1) is 20.8 Å². The molecule has 22 heavy (non-hydrogen) atoms. The van der Waals surface area contributed by atoms with Gasteiger partial charge in [0, 0.05) is 5.69 Å². The van der Waals surface area contributed by atoms with Gasteiger partial charge in [0.1, 0.15) is 0 Å². The van der Waals surface area contributed by atoms with Crippen molar-refractivity contribution < 1.29 is 18.7 Å². The van der Waals surface area contributed by atoms with E-state index in [1.54, 1.807) is 6.07 Å². The highest BCUT2D eigenvalue weighted by atomic mass is 16.6. The standard InChI is InChI=1S/C17H19NO4/c1-10-8-11(2)15(12(3)9-10)18-16(19)13(4)22-17(20)14-6-5-7-21-14/h5-9,13H,1-4H3,(H,18,19). The summed E-state index contributed by atoms with van der Waals surface area (Å²) in [6.45, 7) is 7.37. The van der Waals surface area contributed by atoms with Crippen molar-refractivity contribution in [1.29, 1.82) is 0 Å². The average Bonchev–Trinajstić information content (AvgIpc) is 2.96. The fourth-order valence-corrected chi connectivity index (χ4v) is 2.27. The lowest BCUT2D eigenvalue weighted by molar-refractivity contribution is -0.123. The number of nitrogens with one attached hydrogen (secondary N) is 1. The summed E-state index contributed by atoms with van der Waals surface area (Å²) >= 11 is 0. The van der Waals surface area contributed by atoms with Crippen LogP contribution in [0.25, 0.3) is 0 Å². The molecule has 2 rings (SSSR count). The lowest BCUT2D eigenvalue weighted by atomic mass is 10.0. The maximum atomic E-state index is 12.2. The van der Waals surface area contributed by atoms with E-state index in [4.69, 9.17) is 9.15 Å². The van der Waals surface area contributed by atoms with Crippen molar-refractivity contribution in [2.45, 2.75) is 33.8 Å². The zero-order valence-electron chi connectivity index (χ0n) is 13.1. The van der Waals surface area contributed by atoms with Crippen molar-refractivity contribution in [3.63, 3.8) is 0 Å². The fraction of sp³-hybridized carbons (Fsp3) is 0.294. The lowest BCUT2D eigenvalue weighted by Gasteiger charge is -2.16. The highest BCUT2D eigenvalue weighted by molar-refractivity contribution is 5.97. The van der Waals surface area contributed by atoms with Gasteiger partial charge in [-0.3, -0.25) is 4.79 Å². The molecule has 1 aromatic carbocycles. The van der Waals surface area contributed by atoms with Crippen molar-refractivity contribution in [1.82, 2.24) is 0 Å². The first kappa shape index (κ1) is 15.8. The van der Waals surface area contributed by atoms with Gasteiger partial charge in [-0.15, -0.1) is 0 Å². The van der Waals surface area contributed by atoms with E-state index in [2.05, 4.69) is 5.32 Å². The van der Waals surface area contributed by atoms with E-state index in [1.165, 1.54) is 19.3 Å². The van der Waals surface area contributed by atoms with Crippen LogP contribution in [0.1, 0.15) is 34.2 Å². The summed E-state index contributed by atoms with van der Waals surface area (Å²) in [5, 5.41) is 2.81. The minimum Gasteiger partial charge on any atom is -0.457 e. The molecule has 1 unspecified atom stereocenters. The Morgan fingerprint density at radius 1 is 1.18 bits per heavy atom. The molecule has 116 valence electrons. The van der Waals surface area contributed by atoms with Crippen LogP contribution in [0.4, 0.5) is 5.69 Å². The largest absolute Gasteiger partial charge is 0.457 e. The van der Waals surface area contributed by atoms with E-state index in [-0.39, 0.29) is 11.7 Å². The Bertz CT molecular complexity index is 666. The molecular formula is C17H19NO4. The topological polar surface area (TPSA) is 68.5 Å². The number of carbonyl (C=O) groups is 2. The van der Waals surface area contributed by atoms with E-state index in [1.807, 2.05) is 32.9 Å². The van der Waals surface area contributed by atoms with Crippen LogP contribution in [0.5, 0.6) is 0 Å². The predicted octanol–water partition coefficient (Wildman–Crippen LogP) is 3.39. The molecule has 5 heteroatoms. The Hall–Kier alpha value is -2.56. The van der Waals surface area contributed by atoms with E-state index in [0.29, 0.717) is 0 Å². The second kappa shape index (κ2) is 6.47. The molecule has 0 fully saturated rings. The van der Waals surface area contributed by atoms with Gasteiger partial charge in [0.25, 0.3) is 5.91 Å². The molecule has 0 aliphatic rings. The van der Waals surface area contributed by atoms with Crippen LogP contribution in [-0.2, 0) is 9.53 Å². The highest BCUT2D eigenvalue weighted by Crippen LogP contribution is 2.22. The molecule has 0 radical (unpaired) electrons. The van der Waals surface area contributed by atoms with Crippen LogP contribution in [0.15, 0.2) is 34.9 Å². The molecule has 1 atom stereocenters. The molecule has 1 aromatic heterocycles. The van der Waals surface area contributed by atoms with Gasteiger partial charge in [-0.2, -0.15) is 0 Å². The molecular weight excluding hydrogens is 282 g/mol. The maximum Gasteiger partial charge on any atom is 0.374 e. The Morgan fingerprint density at radius 2 is 1.82 bits per heavy atom. The van der Waals surface area contributed by atoms with Crippen molar-refractivity contribution in [3.05, 3.63) is 53.0 Å². The van der Waals surface area contributed by atoms with Gasteiger partial charge in [-0.25, -0.2) is 4.79 Å². The van der Waals surface area contributed by atoms with Gasteiger partial charge < -0.3 is 14.5 Å². The molecule has 0 bridgehead atoms. The summed E-state index contributed by atoms with van der Waals surface area (Å²) in [7, 11) is 0. The van der Waals surface area contributed by atoms with Crippen molar-refractivity contribution >= 4 is 17.6 Å². The lowest BCUT2D eigenvalue weighted by Crippen LogP contribution is -2.30. The minimum atomic E-state index is -0.919. The van der Waals surface area contributed by atoms with Crippen molar-refractivity contribution in [3.8, 4) is 0 Å². The number of anilines is 1. The second-order valence-corrected chi connectivity index (χ2v) is 5.29. The number of hydrogen-bond donors (Lipinski definition) is 1. The first-order valence-electron chi connectivity index (χ1n) is 7.01. The third kappa shape index (κ3) is 3.55. The normalized spacial score (nSPS) is 11.8. The average molecular weight is 301 g/mol. The number of ether oxygens (including phenoxy) is 1. The summed E-state index contributed by atoms with van der Waals surface area (Å²) in [6.07, 6.45) is 0.457. The third-order valence-electron chi connectivity index (χ3n) is 3.30. The van der Waals surface area contributed by atoms with E-state index in [0.717, 1.165) is 22.4 Å². The number of rotatable bonds is 4. The zero-order valence-corrected chi connectivity index (χ0v) is 13.1. The third-order valence-corrected chi connectivity index (χ3v) is 3.30. The van der Waals surface area contributed by atoms with Gasteiger partial charge in [0.05, 0.1) is 6.26 Å². The zero-order chi connectivity index (χ0) is 16.3. The van der Waals surface area contributed by atoms with Crippen LogP contribution in [0.3, 0.4) is 0 Å². The summed E-state index contributed by atoms with van der Waals surface area (Å²) in [5.74, 6) is -0.970. The number of furan rings is 1. The Morgan fingerprint density at radius 3 is 2.36 bits per heavy atom. The number of carbonyl (C=O) groups excluding carboxylic acids is 2. The number of benzene rings is 1. The Balaban J connectivity index is 2.04. The molecule has 0 saturated carbocycles. The predicted molar refractivity (Wildman–Crippen MR) is 82.9 cm³/mol. The minimum absolute atomic E-state index is 0.0716. The molecule has 5 nitrogen and oxygen atoms in total. The van der Waals surface area contributed by atoms with E-state index in [9.17, 15) is 9.59 Å². The second-order valence-electron chi connectivity index (χ2n) is 5.29. The Kier molecular flexibility index (Phi) is 4.65. The molecule has 0 aliphatic carbocycles. The van der Waals surface area contributed by atoms with Gasteiger partial charge in [-0.05, 0) is 51.0 Å². The Labute approximate surface area is 129 Å². The van der Waals surface area contributed by atoms with Crippen molar-refractivity contribution in [2.75, 3.05) is 5.32 Å². The number of amides is 1. The quantitative estimate of drug-likeness (QED) is 0.879.